The fourth-order valence-electron chi connectivity index (χ4n) is 2.94. The van der Waals surface area contributed by atoms with Gasteiger partial charge in [0.2, 0.25) is 0 Å². The highest BCUT2D eigenvalue weighted by Gasteiger charge is 2.19. The number of aryl methyl sites for hydroxylation is 1. The molecule has 136 valence electrons. The molecule has 2 aromatic heterocycles. The summed E-state index contributed by atoms with van der Waals surface area (Å²) in [4.78, 5) is 12.7. The van der Waals surface area contributed by atoms with Crippen LogP contribution in [0.1, 0.15) is 21.7 Å². The Morgan fingerprint density at radius 3 is 2.89 bits per heavy atom. The molecule has 1 N–H and O–H groups in total. The lowest BCUT2D eigenvalue weighted by Gasteiger charge is -2.09. The number of nitrogens with zero attached hydrogens (tertiary/aromatic N) is 2. The number of halogens is 2. The first kappa shape index (κ1) is 17.3. The summed E-state index contributed by atoms with van der Waals surface area (Å²) in [5, 5.41) is 8.23. The Morgan fingerprint density at radius 1 is 1.26 bits per heavy atom. The third kappa shape index (κ3) is 3.31. The molecule has 1 amide bonds. The number of nitrogens with one attached hydrogen (secondary N) is 1. The van der Waals surface area contributed by atoms with Gasteiger partial charge >= 0.3 is 0 Å². The first-order chi connectivity index (χ1) is 13.0. The molecule has 0 spiro atoms. The van der Waals surface area contributed by atoms with Crippen molar-refractivity contribution < 1.29 is 13.6 Å². The molecule has 0 saturated heterocycles. The van der Waals surface area contributed by atoms with E-state index in [-0.39, 0.29) is 11.6 Å². The van der Waals surface area contributed by atoms with Crippen LogP contribution in [0.25, 0.3) is 11.0 Å². The van der Waals surface area contributed by atoms with Gasteiger partial charge in [-0.1, -0.05) is 29.8 Å². The van der Waals surface area contributed by atoms with Crippen molar-refractivity contribution in [2.75, 3.05) is 5.32 Å². The van der Waals surface area contributed by atoms with E-state index in [1.54, 1.807) is 29.9 Å². The third-order valence-corrected chi connectivity index (χ3v) is 4.71. The topological polar surface area (TPSA) is 60.1 Å². The first-order valence-corrected chi connectivity index (χ1v) is 8.66. The standard InChI is InChI=1S/C20H15ClFN3O2/c1-12-15-10-14(22)6-7-17(15)27-19(12)20(26)24-18-8-9-23-25(18)11-13-4-2-3-5-16(13)21/h2-10H,11H2,1H3,(H,24,26). The van der Waals surface area contributed by atoms with Crippen LogP contribution in [-0.2, 0) is 6.54 Å². The van der Waals surface area contributed by atoms with Crippen molar-refractivity contribution in [2.24, 2.45) is 0 Å². The average molecular weight is 384 g/mol. The third-order valence-electron chi connectivity index (χ3n) is 4.34. The van der Waals surface area contributed by atoms with Crippen molar-refractivity contribution in [3.8, 4) is 0 Å². The Morgan fingerprint density at radius 2 is 2.07 bits per heavy atom. The number of hydrogen-bond acceptors (Lipinski definition) is 3. The highest BCUT2D eigenvalue weighted by Crippen LogP contribution is 2.27. The van der Waals surface area contributed by atoms with E-state index in [9.17, 15) is 9.18 Å². The second kappa shape index (κ2) is 6.89. The van der Waals surface area contributed by atoms with Gasteiger partial charge in [-0.2, -0.15) is 5.10 Å². The number of amides is 1. The average Bonchev–Trinajstić information content (AvgIpc) is 3.21. The molecule has 0 atom stereocenters. The SMILES string of the molecule is Cc1c(C(=O)Nc2ccnn2Cc2ccccc2Cl)oc2ccc(F)cc12. The van der Waals surface area contributed by atoms with E-state index in [1.807, 2.05) is 18.2 Å². The largest absolute Gasteiger partial charge is 0.451 e. The van der Waals surface area contributed by atoms with Crippen LogP contribution < -0.4 is 5.32 Å². The predicted octanol–water partition coefficient (Wildman–Crippen LogP) is 5.03. The van der Waals surface area contributed by atoms with E-state index in [1.165, 1.54) is 18.2 Å². The van der Waals surface area contributed by atoms with Crippen LogP contribution >= 0.6 is 11.6 Å². The van der Waals surface area contributed by atoms with Gasteiger partial charge in [-0.05, 0) is 36.8 Å². The van der Waals surface area contributed by atoms with Crippen LogP contribution in [0.5, 0.6) is 0 Å². The smallest absolute Gasteiger partial charge is 0.292 e. The van der Waals surface area contributed by atoms with Crippen molar-refractivity contribution in [3.05, 3.63) is 82.5 Å². The van der Waals surface area contributed by atoms with Crippen molar-refractivity contribution in [1.29, 1.82) is 0 Å². The Labute approximate surface area is 159 Å². The van der Waals surface area contributed by atoms with Gasteiger partial charge < -0.3 is 9.73 Å². The Balaban J connectivity index is 1.60. The molecular weight excluding hydrogens is 369 g/mol. The number of carbonyl (C=O) groups is 1. The molecule has 0 aliphatic carbocycles. The minimum atomic E-state index is -0.426. The number of rotatable bonds is 4. The number of furan rings is 1. The first-order valence-electron chi connectivity index (χ1n) is 8.28. The van der Waals surface area contributed by atoms with Crippen molar-refractivity contribution >= 4 is 34.3 Å². The highest BCUT2D eigenvalue weighted by molar-refractivity contribution is 6.31. The molecule has 2 heterocycles. The molecule has 5 nitrogen and oxygen atoms in total. The number of carbonyl (C=O) groups excluding carboxylic acids is 1. The van der Waals surface area contributed by atoms with Crippen LogP contribution in [0.2, 0.25) is 5.02 Å². The summed E-state index contributed by atoms with van der Waals surface area (Å²) in [6.07, 6.45) is 1.59. The van der Waals surface area contributed by atoms with Gasteiger partial charge in [0.05, 0.1) is 12.7 Å². The van der Waals surface area contributed by atoms with E-state index >= 15 is 0 Å². The molecule has 0 bridgehead atoms. The molecule has 7 heteroatoms. The van der Waals surface area contributed by atoms with Crippen molar-refractivity contribution in [2.45, 2.75) is 13.5 Å². The molecule has 4 aromatic rings. The summed E-state index contributed by atoms with van der Waals surface area (Å²) in [5.41, 5.74) is 1.93. The molecular formula is C20H15ClFN3O2. The maximum absolute atomic E-state index is 13.5. The number of benzene rings is 2. The maximum atomic E-state index is 13.5. The van der Waals surface area contributed by atoms with Crippen molar-refractivity contribution in [1.82, 2.24) is 9.78 Å². The van der Waals surface area contributed by atoms with Gasteiger partial charge in [0.1, 0.15) is 17.2 Å². The van der Waals surface area contributed by atoms with Crippen LogP contribution in [0.15, 0.2) is 59.1 Å². The fraction of sp³-hybridized carbons (Fsp3) is 0.100. The summed E-state index contributed by atoms with van der Waals surface area (Å²) < 4.78 is 20.7. The molecule has 0 aliphatic heterocycles. The van der Waals surface area contributed by atoms with E-state index in [0.717, 1.165) is 5.56 Å². The zero-order valence-corrected chi connectivity index (χ0v) is 15.1. The second-order valence-corrected chi connectivity index (χ2v) is 6.52. The van der Waals surface area contributed by atoms with Gasteiger partial charge in [0.15, 0.2) is 5.76 Å². The number of hydrogen-bond donors (Lipinski definition) is 1. The fourth-order valence-corrected chi connectivity index (χ4v) is 3.13. The monoisotopic (exact) mass is 383 g/mol. The van der Waals surface area contributed by atoms with E-state index in [0.29, 0.717) is 33.9 Å². The van der Waals surface area contributed by atoms with Crippen LogP contribution in [0.4, 0.5) is 10.2 Å². The minimum absolute atomic E-state index is 0.140. The molecule has 0 saturated carbocycles. The zero-order chi connectivity index (χ0) is 19.0. The molecule has 27 heavy (non-hydrogen) atoms. The lowest BCUT2D eigenvalue weighted by atomic mass is 10.1. The number of anilines is 1. The lowest BCUT2D eigenvalue weighted by Crippen LogP contribution is -2.16. The van der Waals surface area contributed by atoms with Gasteiger partial charge in [0.25, 0.3) is 5.91 Å². The quantitative estimate of drug-likeness (QED) is 0.537. The number of fused-ring (bicyclic) bond motifs is 1. The van der Waals surface area contributed by atoms with Crippen LogP contribution in [0, 0.1) is 12.7 Å². The second-order valence-electron chi connectivity index (χ2n) is 6.12. The predicted molar refractivity (Wildman–Crippen MR) is 102 cm³/mol. The van der Waals surface area contributed by atoms with Gasteiger partial charge in [-0.3, -0.25) is 4.79 Å². The summed E-state index contributed by atoms with van der Waals surface area (Å²) in [5.74, 6) is -0.159. The van der Waals surface area contributed by atoms with E-state index in [4.69, 9.17) is 16.0 Å². The van der Waals surface area contributed by atoms with Gasteiger partial charge in [-0.25, -0.2) is 9.07 Å². The van der Waals surface area contributed by atoms with E-state index < -0.39 is 5.91 Å². The molecule has 0 fully saturated rings. The summed E-state index contributed by atoms with van der Waals surface area (Å²) in [7, 11) is 0. The summed E-state index contributed by atoms with van der Waals surface area (Å²) >= 11 is 6.20. The Bertz CT molecular complexity index is 1150. The number of aromatic nitrogens is 2. The van der Waals surface area contributed by atoms with Crippen molar-refractivity contribution in [3.63, 3.8) is 0 Å². The van der Waals surface area contributed by atoms with E-state index in [2.05, 4.69) is 10.4 Å². The summed E-state index contributed by atoms with van der Waals surface area (Å²) in [6, 6.07) is 13.3. The van der Waals surface area contributed by atoms with Crippen LogP contribution in [0.3, 0.4) is 0 Å². The summed E-state index contributed by atoms with van der Waals surface area (Å²) in [6.45, 7) is 2.13. The Kier molecular flexibility index (Phi) is 4.41. The molecule has 2 aromatic carbocycles. The Hall–Kier alpha value is -3.12. The molecule has 0 unspecified atom stereocenters. The van der Waals surface area contributed by atoms with Crippen LogP contribution in [-0.4, -0.2) is 15.7 Å². The van der Waals surface area contributed by atoms with Gasteiger partial charge in [0, 0.05) is 22.0 Å². The molecule has 0 aliphatic rings. The molecule has 0 radical (unpaired) electrons. The highest BCUT2D eigenvalue weighted by atomic mass is 35.5. The normalized spacial score (nSPS) is 11.1. The minimum Gasteiger partial charge on any atom is -0.451 e. The molecule has 4 rings (SSSR count). The zero-order valence-electron chi connectivity index (χ0n) is 14.4. The van der Waals surface area contributed by atoms with Gasteiger partial charge in [-0.15, -0.1) is 0 Å². The maximum Gasteiger partial charge on any atom is 0.292 e. The lowest BCUT2D eigenvalue weighted by molar-refractivity contribution is 0.0997.